The Kier molecular flexibility index (Phi) is 5.54. The first-order valence-corrected chi connectivity index (χ1v) is 10.9. The molecular formula is C21H23N5O3S. The van der Waals surface area contributed by atoms with Crippen molar-refractivity contribution < 1.29 is 4.79 Å². The van der Waals surface area contributed by atoms with Crippen LogP contribution in [0, 0.1) is 0 Å². The van der Waals surface area contributed by atoms with E-state index in [1.54, 1.807) is 17.5 Å². The number of anilines is 1. The number of aryl methyl sites for hydroxylation is 2. The van der Waals surface area contributed by atoms with E-state index < -0.39 is 5.69 Å². The zero-order valence-corrected chi connectivity index (χ0v) is 17.7. The lowest BCUT2D eigenvalue weighted by molar-refractivity contribution is -0.117. The lowest BCUT2D eigenvalue weighted by atomic mass is 10.1. The van der Waals surface area contributed by atoms with Gasteiger partial charge >= 0.3 is 5.69 Å². The van der Waals surface area contributed by atoms with Crippen molar-refractivity contribution in [2.24, 2.45) is 0 Å². The maximum absolute atomic E-state index is 13.0. The van der Waals surface area contributed by atoms with E-state index in [2.05, 4.69) is 10.4 Å². The minimum absolute atomic E-state index is 0.154. The van der Waals surface area contributed by atoms with Crippen LogP contribution in [0.15, 0.2) is 45.3 Å². The minimum Gasteiger partial charge on any atom is -0.324 e. The molecule has 0 bridgehead atoms. The molecule has 0 atom stereocenters. The summed E-state index contributed by atoms with van der Waals surface area (Å²) in [5.41, 5.74) is 1.73. The van der Waals surface area contributed by atoms with Gasteiger partial charge in [0.1, 0.15) is 11.2 Å². The molecule has 4 aromatic rings. The second kappa shape index (κ2) is 8.27. The van der Waals surface area contributed by atoms with Crippen molar-refractivity contribution in [3.63, 3.8) is 0 Å². The molecule has 0 saturated heterocycles. The van der Waals surface area contributed by atoms with E-state index in [0.717, 1.165) is 29.5 Å². The highest BCUT2D eigenvalue weighted by Crippen LogP contribution is 2.17. The second-order valence-corrected chi connectivity index (χ2v) is 8.04. The van der Waals surface area contributed by atoms with Crippen molar-refractivity contribution in [2.45, 2.75) is 46.2 Å². The third-order valence-electron chi connectivity index (χ3n) is 5.04. The Bertz CT molecular complexity index is 1340. The second-order valence-electron chi connectivity index (χ2n) is 7.12. The number of nitrogens with one attached hydrogen (secondary N) is 1. The lowest BCUT2D eigenvalue weighted by Crippen LogP contribution is -2.29. The molecule has 0 aliphatic carbocycles. The van der Waals surface area contributed by atoms with Crippen LogP contribution in [-0.2, 0) is 24.3 Å². The summed E-state index contributed by atoms with van der Waals surface area (Å²) < 4.78 is 4.59. The maximum atomic E-state index is 13.0. The highest BCUT2D eigenvalue weighted by Gasteiger charge is 2.19. The highest BCUT2D eigenvalue weighted by atomic mass is 32.1. The Morgan fingerprint density at radius 1 is 1.20 bits per heavy atom. The quantitative estimate of drug-likeness (QED) is 0.493. The van der Waals surface area contributed by atoms with E-state index in [4.69, 9.17) is 0 Å². The van der Waals surface area contributed by atoms with Crippen LogP contribution in [0.3, 0.4) is 0 Å². The van der Waals surface area contributed by atoms with Gasteiger partial charge in [-0.3, -0.25) is 14.2 Å². The molecule has 0 fully saturated rings. The van der Waals surface area contributed by atoms with Gasteiger partial charge < -0.3 is 5.32 Å². The van der Waals surface area contributed by atoms with Crippen molar-refractivity contribution >= 4 is 38.9 Å². The number of carbonyl (C=O) groups is 1. The van der Waals surface area contributed by atoms with Crippen LogP contribution >= 0.6 is 11.3 Å². The molecule has 8 nitrogen and oxygen atoms in total. The lowest BCUT2D eigenvalue weighted by Gasteiger charge is -2.06. The van der Waals surface area contributed by atoms with Gasteiger partial charge in [0.25, 0.3) is 5.56 Å². The summed E-state index contributed by atoms with van der Waals surface area (Å²) in [4.78, 5) is 38.5. The number of unbranched alkanes of at least 4 members (excludes halogenated alkanes) is 1. The molecule has 9 heteroatoms. The third-order valence-corrected chi connectivity index (χ3v) is 5.93. The number of amides is 1. The first kappa shape index (κ1) is 20.1. The van der Waals surface area contributed by atoms with Gasteiger partial charge in [0.2, 0.25) is 11.7 Å². The molecule has 0 radical (unpaired) electrons. The fourth-order valence-corrected chi connectivity index (χ4v) is 4.28. The van der Waals surface area contributed by atoms with E-state index >= 15 is 0 Å². The molecule has 0 unspecified atom stereocenters. The predicted molar refractivity (Wildman–Crippen MR) is 118 cm³/mol. The number of hydrogen-bond donors (Lipinski definition) is 1. The predicted octanol–water partition coefficient (Wildman–Crippen LogP) is 2.87. The van der Waals surface area contributed by atoms with Crippen molar-refractivity contribution in [3.8, 4) is 0 Å². The van der Waals surface area contributed by atoms with E-state index in [1.807, 2.05) is 32.0 Å². The van der Waals surface area contributed by atoms with Gasteiger partial charge in [0.15, 0.2) is 0 Å². The standard InChI is InChI=1S/C21H23N5O3S/c1-3-5-10-24-19(28)18-16(9-11-30-18)26-20(24)23-25(21(26)29)13-17(27)22-15-8-6-7-14(4-2)12-15/h6-9,11-12H,3-5,10,13H2,1-2H3,(H,22,27). The maximum Gasteiger partial charge on any atom is 0.352 e. The van der Waals surface area contributed by atoms with Gasteiger partial charge in [0.05, 0.1) is 5.52 Å². The van der Waals surface area contributed by atoms with Crippen molar-refractivity contribution in [2.75, 3.05) is 5.32 Å². The summed E-state index contributed by atoms with van der Waals surface area (Å²) in [5, 5.41) is 8.94. The molecule has 3 aromatic heterocycles. The summed E-state index contributed by atoms with van der Waals surface area (Å²) in [7, 11) is 0. The van der Waals surface area contributed by atoms with Gasteiger partial charge in [0, 0.05) is 12.2 Å². The van der Waals surface area contributed by atoms with Gasteiger partial charge in [-0.15, -0.1) is 16.4 Å². The van der Waals surface area contributed by atoms with E-state index in [1.165, 1.54) is 20.3 Å². The molecular weight excluding hydrogens is 402 g/mol. The van der Waals surface area contributed by atoms with Crippen LogP contribution in [0.2, 0.25) is 0 Å². The first-order valence-electron chi connectivity index (χ1n) is 10.0. The summed E-state index contributed by atoms with van der Waals surface area (Å²) in [6, 6.07) is 9.32. The number of fused-ring (bicyclic) bond motifs is 3. The molecule has 0 saturated carbocycles. The molecule has 0 aliphatic rings. The third kappa shape index (κ3) is 3.56. The molecule has 156 valence electrons. The number of thiophene rings is 1. The number of rotatable bonds is 7. The number of benzene rings is 1. The fourth-order valence-electron chi connectivity index (χ4n) is 3.46. The Balaban J connectivity index is 1.73. The molecule has 3 heterocycles. The van der Waals surface area contributed by atoms with Crippen molar-refractivity contribution in [1.29, 1.82) is 0 Å². The smallest absolute Gasteiger partial charge is 0.324 e. The van der Waals surface area contributed by atoms with Crippen LogP contribution in [0.1, 0.15) is 32.3 Å². The highest BCUT2D eigenvalue weighted by molar-refractivity contribution is 7.17. The Labute approximate surface area is 176 Å². The normalized spacial score (nSPS) is 11.4. The molecule has 4 rings (SSSR count). The topological polar surface area (TPSA) is 90.4 Å². The molecule has 0 spiro atoms. The van der Waals surface area contributed by atoms with Crippen LogP contribution in [0.4, 0.5) is 5.69 Å². The fraction of sp³-hybridized carbons (Fsp3) is 0.333. The van der Waals surface area contributed by atoms with Crippen LogP contribution in [0.25, 0.3) is 16.0 Å². The largest absolute Gasteiger partial charge is 0.352 e. The van der Waals surface area contributed by atoms with Crippen LogP contribution in [-0.4, -0.2) is 24.7 Å². The van der Waals surface area contributed by atoms with Crippen molar-refractivity contribution in [3.05, 3.63) is 62.1 Å². The van der Waals surface area contributed by atoms with Crippen LogP contribution < -0.4 is 16.6 Å². The Morgan fingerprint density at radius 2 is 2.03 bits per heavy atom. The van der Waals surface area contributed by atoms with Gasteiger partial charge in [-0.1, -0.05) is 32.4 Å². The van der Waals surface area contributed by atoms with E-state index in [0.29, 0.717) is 22.4 Å². The van der Waals surface area contributed by atoms with Gasteiger partial charge in [-0.05, 0) is 42.0 Å². The zero-order valence-electron chi connectivity index (χ0n) is 16.9. The monoisotopic (exact) mass is 425 g/mol. The molecule has 1 N–H and O–H groups in total. The summed E-state index contributed by atoms with van der Waals surface area (Å²) >= 11 is 1.30. The summed E-state index contributed by atoms with van der Waals surface area (Å²) in [6.07, 6.45) is 2.56. The molecule has 30 heavy (non-hydrogen) atoms. The number of hydrogen-bond acceptors (Lipinski definition) is 5. The van der Waals surface area contributed by atoms with E-state index in [9.17, 15) is 14.4 Å². The number of nitrogens with zero attached hydrogens (tertiary/aromatic N) is 4. The van der Waals surface area contributed by atoms with Gasteiger partial charge in [-0.25, -0.2) is 13.9 Å². The molecule has 0 aliphatic heterocycles. The zero-order chi connectivity index (χ0) is 21.3. The Hall–Kier alpha value is -3.20. The molecule has 1 amide bonds. The first-order chi connectivity index (χ1) is 14.5. The average molecular weight is 426 g/mol. The average Bonchev–Trinajstić information content (AvgIpc) is 3.33. The number of aromatic nitrogens is 4. The van der Waals surface area contributed by atoms with Gasteiger partial charge in [-0.2, -0.15) is 0 Å². The minimum atomic E-state index is -0.434. The summed E-state index contributed by atoms with van der Waals surface area (Å²) in [5.74, 6) is -0.0806. The van der Waals surface area contributed by atoms with E-state index in [-0.39, 0.29) is 23.8 Å². The molecule has 1 aromatic carbocycles. The van der Waals surface area contributed by atoms with Crippen LogP contribution in [0.5, 0.6) is 0 Å². The SMILES string of the molecule is CCCCn1c(=O)c2sccc2n2c(=O)n(CC(=O)Nc3cccc(CC)c3)nc12. The Morgan fingerprint density at radius 3 is 2.80 bits per heavy atom. The summed E-state index contributed by atoms with van der Waals surface area (Å²) in [6.45, 7) is 4.32. The van der Waals surface area contributed by atoms with Crippen molar-refractivity contribution in [1.82, 2.24) is 18.7 Å². The number of carbonyl (C=O) groups excluding carboxylic acids is 1.